The van der Waals surface area contributed by atoms with Crippen LogP contribution < -0.4 is 0 Å². The molecule has 1 N–H and O–H groups in total. The molecule has 0 saturated carbocycles. The van der Waals surface area contributed by atoms with Gasteiger partial charge in [0.15, 0.2) is 0 Å². The molecule has 0 aromatic rings. The molecule has 0 aliphatic rings. The largest absolute Gasteiger partial charge is 0.481 e. The molecule has 0 bridgehead atoms. The van der Waals surface area contributed by atoms with Gasteiger partial charge in [0.1, 0.15) is 0 Å². The maximum absolute atomic E-state index is 11.5. The fraction of sp³-hybridized carbons (Fsp3) is 0.944. The van der Waals surface area contributed by atoms with E-state index in [1.165, 1.54) is 51.4 Å². The molecule has 0 amide bonds. The van der Waals surface area contributed by atoms with Gasteiger partial charge in [-0.1, -0.05) is 79.1 Å². The molecule has 3 unspecified atom stereocenters. The minimum absolute atomic E-state index is 0.129. The summed E-state index contributed by atoms with van der Waals surface area (Å²) in [6.07, 6.45) is 11.4. The highest BCUT2D eigenvalue weighted by molar-refractivity contribution is 5.69. The van der Waals surface area contributed by atoms with E-state index in [1.54, 1.807) is 0 Å². The summed E-state index contributed by atoms with van der Waals surface area (Å²) in [4.78, 5) is 11.5. The van der Waals surface area contributed by atoms with Crippen LogP contribution in [0.4, 0.5) is 0 Å². The Morgan fingerprint density at radius 2 is 1.50 bits per heavy atom. The second-order valence-electron chi connectivity index (χ2n) is 6.55. The van der Waals surface area contributed by atoms with Crippen molar-refractivity contribution in [1.29, 1.82) is 0 Å². The third-order valence-corrected chi connectivity index (χ3v) is 4.37. The van der Waals surface area contributed by atoms with Gasteiger partial charge >= 0.3 is 5.97 Å². The molecular weight excluding hydrogens is 248 g/mol. The fourth-order valence-corrected chi connectivity index (χ4v) is 3.14. The first-order valence-electron chi connectivity index (χ1n) is 8.77. The average Bonchev–Trinajstić information content (AvgIpc) is 2.41. The molecule has 0 heterocycles. The van der Waals surface area contributed by atoms with Gasteiger partial charge in [-0.2, -0.15) is 0 Å². The van der Waals surface area contributed by atoms with Gasteiger partial charge < -0.3 is 5.11 Å². The van der Waals surface area contributed by atoms with Crippen molar-refractivity contribution in [2.24, 2.45) is 17.8 Å². The van der Waals surface area contributed by atoms with E-state index in [4.69, 9.17) is 0 Å². The minimum atomic E-state index is -0.578. The number of hydrogen-bond acceptors (Lipinski definition) is 1. The smallest absolute Gasteiger partial charge is 0.306 e. The molecule has 0 fully saturated rings. The molecular formula is C18H36O2. The molecule has 0 saturated heterocycles. The van der Waals surface area contributed by atoms with Crippen LogP contribution in [0.5, 0.6) is 0 Å². The first kappa shape index (κ1) is 19.5. The number of carboxylic acids is 1. The van der Waals surface area contributed by atoms with E-state index >= 15 is 0 Å². The molecule has 2 heteroatoms. The quantitative estimate of drug-likeness (QED) is 0.457. The van der Waals surface area contributed by atoms with Crippen molar-refractivity contribution in [1.82, 2.24) is 0 Å². The van der Waals surface area contributed by atoms with Crippen LogP contribution in [-0.4, -0.2) is 11.1 Å². The highest BCUT2D eigenvalue weighted by atomic mass is 16.4. The van der Waals surface area contributed by atoms with E-state index in [0.29, 0.717) is 11.8 Å². The van der Waals surface area contributed by atoms with E-state index in [9.17, 15) is 9.90 Å². The normalized spacial score (nSPS) is 15.8. The molecule has 120 valence electrons. The Balaban J connectivity index is 4.36. The molecule has 0 aromatic carbocycles. The summed E-state index contributed by atoms with van der Waals surface area (Å²) in [5.41, 5.74) is 0. The Kier molecular flexibility index (Phi) is 11.9. The summed E-state index contributed by atoms with van der Waals surface area (Å²) >= 11 is 0. The maximum Gasteiger partial charge on any atom is 0.306 e. The molecule has 0 rings (SSSR count). The number of aliphatic carboxylic acids is 1. The summed E-state index contributed by atoms with van der Waals surface area (Å²) in [5, 5.41) is 9.49. The Morgan fingerprint density at radius 1 is 0.900 bits per heavy atom. The summed E-state index contributed by atoms with van der Waals surface area (Å²) in [6.45, 7) is 8.83. The maximum atomic E-state index is 11.5. The zero-order chi connectivity index (χ0) is 15.4. The minimum Gasteiger partial charge on any atom is -0.481 e. The first-order valence-corrected chi connectivity index (χ1v) is 8.77. The van der Waals surface area contributed by atoms with Crippen molar-refractivity contribution >= 4 is 5.97 Å². The molecule has 0 radical (unpaired) electrons. The van der Waals surface area contributed by atoms with E-state index in [-0.39, 0.29) is 5.92 Å². The molecule has 0 spiro atoms. The van der Waals surface area contributed by atoms with Gasteiger partial charge in [-0.05, 0) is 24.7 Å². The first-order chi connectivity index (χ1) is 9.54. The SMILES string of the molecule is CCCCC(C)CC(CC(CCC)CCCC)C(=O)O. The van der Waals surface area contributed by atoms with Gasteiger partial charge in [0, 0.05) is 0 Å². The number of carboxylic acid groups (broad SMARTS) is 1. The average molecular weight is 284 g/mol. The molecule has 2 nitrogen and oxygen atoms in total. The molecule has 20 heavy (non-hydrogen) atoms. The van der Waals surface area contributed by atoms with Crippen molar-refractivity contribution in [3.8, 4) is 0 Å². The predicted molar refractivity (Wildman–Crippen MR) is 87.0 cm³/mol. The predicted octanol–water partition coefficient (Wildman–Crippen LogP) is 5.90. The van der Waals surface area contributed by atoms with Crippen LogP contribution >= 0.6 is 0 Å². The second-order valence-corrected chi connectivity index (χ2v) is 6.55. The number of carbonyl (C=O) groups is 1. The zero-order valence-electron chi connectivity index (χ0n) is 14.2. The van der Waals surface area contributed by atoms with E-state index in [1.807, 2.05) is 0 Å². The third-order valence-electron chi connectivity index (χ3n) is 4.37. The van der Waals surface area contributed by atoms with Gasteiger partial charge in [-0.25, -0.2) is 0 Å². The van der Waals surface area contributed by atoms with Gasteiger partial charge in [0.2, 0.25) is 0 Å². The lowest BCUT2D eigenvalue weighted by Gasteiger charge is -2.23. The van der Waals surface area contributed by atoms with Crippen LogP contribution in [0.1, 0.15) is 91.9 Å². The molecule has 0 aliphatic carbocycles. The van der Waals surface area contributed by atoms with Crippen LogP contribution in [0.15, 0.2) is 0 Å². The zero-order valence-corrected chi connectivity index (χ0v) is 14.2. The lowest BCUT2D eigenvalue weighted by Crippen LogP contribution is -2.20. The fourth-order valence-electron chi connectivity index (χ4n) is 3.14. The summed E-state index contributed by atoms with van der Waals surface area (Å²) < 4.78 is 0. The lowest BCUT2D eigenvalue weighted by atomic mass is 9.82. The van der Waals surface area contributed by atoms with Crippen LogP contribution in [0, 0.1) is 17.8 Å². The van der Waals surface area contributed by atoms with Gasteiger partial charge in [0.25, 0.3) is 0 Å². The number of rotatable bonds is 13. The number of hydrogen-bond donors (Lipinski definition) is 1. The summed E-state index contributed by atoms with van der Waals surface area (Å²) in [7, 11) is 0. The van der Waals surface area contributed by atoms with E-state index in [2.05, 4.69) is 27.7 Å². The summed E-state index contributed by atoms with van der Waals surface area (Å²) in [5.74, 6) is 0.449. The lowest BCUT2D eigenvalue weighted by molar-refractivity contribution is -0.143. The Bertz CT molecular complexity index is 238. The van der Waals surface area contributed by atoms with Crippen LogP contribution in [-0.2, 0) is 4.79 Å². The van der Waals surface area contributed by atoms with Gasteiger partial charge in [0.05, 0.1) is 5.92 Å². The standard InChI is InChI=1S/C18H36O2/c1-5-8-11-15(4)13-17(18(19)20)14-16(10-7-3)12-9-6-2/h15-17H,5-14H2,1-4H3,(H,19,20). The van der Waals surface area contributed by atoms with Crippen molar-refractivity contribution in [2.75, 3.05) is 0 Å². The van der Waals surface area contributed by atoms with Crippen molar-refractivity contribution in [3.05, 3.63) is 0 Å². The van der Waals surface area contributed by atoms with Crippen molar-refractivity contribution in [3.63, 3.8) is 0 Å². The van der Waals surface area contributed by atoms with Crippen LogP contribution in [0.2, 0.25) is 0 Å². The van der Waals surface area contributed by atoms with E-state index in [0.717, 1.165) is 12.8 Å². The molecule has 3 atom stereocenters. The Hall–Kier alpha value is -0.530. The van der Waals surface area contributed by atoms with Crippen LogP contribution in [0.3, 0.4) is 0 Å². The van der Waals surface area contributed by atoms with Crippen LogP contribution in [0.25, 0.3) is 0 Å². The monoisotopic (exact) mass is 284 g/mol. The molecule has 0 aromatic heterocycles. The molecule has 0 aliphatic heterocycles. The highest BCUT2D eigenvalue weighted by Gasteiger charge is 2.23. The van der Waals surface area contributed by atoms with E-state index < -0.39 is 5.97 Å². The number of unbranched alkanes of at least 4 members (excludes halogenated alkanes) is 2. The van der Waals surface area contributed by atoms with Gasteiger partial charge in [-0.3, -0.25) is 4.79 Å². The highest BCUT2D eigenvalue weighted by Crippen LogP contribution is 2.28. The Morgan fingerprint density at radius 3 is 2.00 bits per heavy atom. The third kappa shape index (κ3) is 9.39. The summed E-state index contributed by atoms with van der Waals surface area (Å²) in [6, 6.07) is 0. The van der Waals surface area contributed by atoms with Gasteiger partial charge in [-0.15, -0.1) is 0 Å². The second kappa shape index (κ2) is 12.2. The topological polar surface area (TPSA) is 37.3 Å². The van der Waals surface area contributed by atoms with Crippen molar-refractivity contribution in [2.45, 2.75) is 91.9 Å². The Labute approximate surface area is 126 Å². The van der Waals surface area contributed by atoms with Crippen molar-refractivity contribution < 1.29 is 9.90 Å².